The van der Waals surface area contributed by atoms with Crippen molar-refractivity contribution in [2.75, 3.05) is 7.05 Å². The van der Waals surface area contributed by atoms with Crippen LogP contribution in [-0.4, -0.2) is 44.7 Å². The van der Waals surface area contributed by atoms with Gasteiger partial charge in [0.2, 0.25) is 0 Å². The summed E-state index contributed by atoms with van der Waals surface area (Å²) in [6, 6.07) is 8.69. The maximum atomic E-state index is 12.4. The minimum absolute atomic E-state index is 0.201. The number of nitrogens with one attached hydrogen (secondary N) is 1. The summed E-state index contributed by atoms with van der Waals surface area (Å²) in [5, 5.41) is 16.4. The molecule has 0 aliphatic carbocycles. The predicted octanol–water partition coefficient (Wildman–Crippen LogP) is 2.67. The number of aromatic nitrogens is 2. The first-order valence-corrected chi connectivity index (χ1v) is 6.95. The molecule has 0 aliphatic rings. The van der Waals surface area contributed by atoms with E-state index in [0.29, 0.717) is 16.3 Å². The number of amides is 1. The van der Waals surface area contributed by atoms with Gasteiger partial charge >= 0.3 is 5.97 Å². The van der Waals surface area contributed by atoms with Crippen LogP contribution in [0.5, 0.6) is 0 Å². The molecule has 0 bridgehead atoms. The molecule has 0 spiro atoms. The summed E-state index contributed by atoms with van der Waals surface area (Å²) in [5.41, 5.74) is 0.0917. The Hall–Kier alpha value is -2.34. The molecule has 7 heteroatoms. The van der Waals surface area contributed by atoms with Crippen LogP contribution >= 0.6 is 11.6 Å². The fraction of sp³-hybridized carbons (Fsp3) is 0.267. The molecule has 2 N–H and O–H groups in total. The number of aliphatic carboxylic acids is 1. The van der Waals surface area contributed by atoms with Gasteiger partial charge in [-0.05, 0) is 26.0 Å². The van der Waals surface area contributed by atoms with Crippen molar-refractivity contribution < 1.29 is 14.7 Å². The summed E-state index contributed by atoms with van der Waals surface area (Å²) in [7, 11) is 1.44. The zero-order valence-electron chi connectivity index (χ0n) is 12.4. The van der Waals surface area contributed by atoms with Gasteiger partial charge in [-0.3, -0.25) is 9.89 Å². The van der Waals surface area contributed by atoms with Crippen molar-refractivity contribution in [3.05, 3.63) is 41.0 Å². The third-order valence-corrected chi connectivity index (χ3v) is 3.95. The van der Waals surface area contributed by atoms with E-state index in [9.17, 15) is 14.7 Å². The number of carboxylic acids is 1. The number of H-pyrrole nitrogens is 1. The number of carboxylic acid groups (broad SMARTS) is 1. The number of hydrogen-bond acceptors (Lipinski definition) is 3. The van der Waals surface area contributed by atoms with Crippen molar-refractivity contribution in [2.45, 2.75) is 19.4 Å². The van der Waals surface area contributed by atoms with E-state index in [-0.39, 0.29) is 5.69 Å². The molecular weight excluding hydrogens is 306 g/mol. The second kappa shape index (κ2) is 5.81. The highest BCUT2D eigenvalue weighted by Crippen LogP contribution is 2.26. The molecule has 0 saturated heterocycles. The van der Waals surface area contributed by atoms with Crippen LogP contribution in [0.3, 0.4) is 0 Å². The van der Waals surface area contributed by atoms with Crippen LogP contribution in [0.2, 0.25) is 5.02 Å². The fourth-order valence-corrected chi connectivity index (χ4v) is 2.05. The molecule has 1 aromatic heterocycles. The molecule has 0 fully saturated rings. The second-order valence-corrected chi connectivity index (χ2v) is 5.78. The molecule has 0 aliphatic heterocycles. The van der Waals surface area contributed by atoms with Crippen molar-refractivity contribution in [1.29, 1.82) is 0 Å². The average Bonchev–Trinajstić information content (AvgIpc) is 2.95. The monoisotopic (exact) mass is 321 g/mol. The second-order valence-electron chi connectivity index (χ2n) is 5.38. The highest BCUT2D eigenvalue weighted by molar-refractivity contribution is 6.33. The topological polar surface area (TPSA) is 86.3 Å². The Labute approximate surface area is 132 Å². The van der Waals surface area contributed by atoms with Crippen LogP contribution in [0.25, 0.3) is 11.3 Å². The number of carbonyl (C=O) groups is 2. The molecule has 0 saturated carbocycles. The zero-order chi connectivity index (χ0) is 16.5. The zero-order valence-corrected chi connectivity index (χ0v) is 13.2. The van der Waals surface area contributed by atoms with Crippen LogP contribution in [0.1, 0.15) is 24.3 Å². The third kappa shape index (κ3) is 2.82. The fourth-order valence-electron chi connectivity index (χ4n) is 1.82. The quantitative estimate of drug-likeness (QED) is 0.906. The van der Waals surface area contributed by atoms with Gasteiger partial charge in [-0.1, -0.05) is 29.8 Å². The molecule has 116 valence electrons. The molecule has 1 amide bonds. The van der Waals surface area contributed by atoms with Crippen molar-refractivity contribution >= 4 is 23.5 Å². The number of likely N-dealkylation sites (N-methyl/N-ethyl adjacent to an activating group) is 1. The highest BCUT2D eigenvalue weighted by Gasteiger charge is 2.36. The van der Waals surface area contributed by atoms with E-state index in [1.807, 2.05) is 6.07 Å². The van der Waals surface area contributed by atoms with Gasteiger partial charge in [-0.25, -0.2) is 4.79 Å². The molecule has 2 aromatic rings. The Morgan fingerprint density at radius 1 is 1.32 bits per heavy atom. The first kappa shape index (κ1) is 16.0. The number of aromatic amines is 1. The van der Waals surface area contributed by atoms with Gasteiger partial charge < -0.3 is 10.0 Å². The van der Waals surface area contributed by atoms with Crippen LogP contribution < -0.4 is 0 Å². The van der Waals surface area contributed by atoms with E-state index >= 15 is 0 Å². The van der Waals surface area contributed by atoms with Gasteiger partial charge in [-0.2, -0.15) is 5.10 Å². The number of carbonyl (C=O) groups excluding carboxylic acids is 1. The number of benzene rings is 1. The lowest BCUT2D eigenvalue weighted by atomic mass is 10.0. The van der Waals surface area contributed by atoms with Crippen molar-refractivity contribution in [3.63, 3.8) is 0 Å². The molecule has 1 heterocycles. The smallest absolute Gasteiger partial charge is 0.329 e. The van der Waals surface area contributed by atoms with E-state index < -0.39 is 17.4 Å². The maximum Gasteiger partial charge on any atom is 0.329 e. The highest BCUT2D eigenvalue weighted by atomic mass is 35.5. The Balaban J connectivity index is 2.31. The summed E-state index contributed by atoms with van der Waals surface area (Å²) in [6.07, 6.45) is 0. The molecule has 0 unspecified atom stereocenters. The van der Waals surface area contributed by atoms with Gasteiger partial charge in [0.1, 0.15) is 11.2 Å². The number of hydrogen-bond donors (Lipinski definition) is 2. The molecule has 0 radical (unpaired) electrons. The molecule has 22 heavy (non-hydrogen) atoms. The standard InChI is InChI=1S/C15H16ClN3O3/c1-15(2,14(21)22)19(3)13(20)12-8-11(17-18-12)9-6-4-5-7-10(9)16/h4-8H,1-3H3,(H,17,18)(H,21,22). The van der Waals surface area contributed by atoms with Crippen molar-refractivity contribution in [1.82, 2.24) is 15.1 Å². The lowest BCUT2D eigenvalue weighted by molar-refractivity contribution is -0.147. The molecule has 2 rings (SSSR count). The molecule has 1 aromatic carbocycles. The van der Waals surface area contributed by atoms with E-state index in [1.165, 1.54) is 20.9 Å². The molecule has 0 atom stereocenters. The van der Waals surface area contributed by atoms with E-state index in [1.54, 1.807) is 24.3 Å². The number of halogens is 1. The van der Waals surface area contributed by atoms with Gasteiger partial charge in [0.05, 0.1) is 10.7 Å². The lowest BCUT2D eigenvalue weighted by Gasteiger charge is -2.30. The number of rotatable bonds is 4. The Morgan fingerprint density at radius 2 is 1.95 bits per heavy atom. The predicted molar refractivity (Wildman–Crippen MR) is 82.8 cm³/mol. The van der Waals surface area contributed by atoms with E-state index in [2.05, 4.69) is 10.2 Å². The van der Waals surface area contributed by atoms with Gasteiger partial charge in [0, 0.05) is 12.6 Å². The Bertz CT molecular complexity index is 724. The van der Waals surface area contributed by atoms with Gasteiger partial charge in [0.25, 0.3) is 5.91 Å². The molecular formula is C15H16ClN3O3. The van der Waals surface area contributed by atoms with E-state index in [4.69, 9.17) is 11.6 Å². The minimum Gasteiger partial charge on any atom is -0.480 e. The summed E-state index contributed by atoms with van der Waals surface area (Å²) < 4.78 is 0. The van der Waals surface area contributed by atoms with Crippen LogP contribution in [-0.2, 0) is 4.79 Å². The van der Waals surface area contributed by atoms with Crippen molar-refractivity contribution in [3.8, 4) is 11.3 Å². The van der Waals surface area contributed by atoms with Crippen molar-refractivity contribution in [2.24, 2.45) is 0 Å². The normalized spacial score (nSPS) is 11.3. The van der Waals surface area contributed by atoms with E-state index in [0.717, 1.165) is 4.90 Å². The number of nitrogens with zero attached hydrogens (tertiary/aromatic N) is 2. The SMILES string of the molecule is CN(C(=O)c1cc(-c2ccccc2Cl)n[nH]1)C(C)(C)C(=O)O. The Morgan fingerprint density at radius 3 is 2.55 bits per heavy atom. The van der Waals surface area contributed by atoms with Gasteiger partial charge in [0.15, 0.2) is 0 Å². The average molecular weight is 322 g/mol. The summed E-state index contributed by atoms with van der Waals surface area (Å²) >= 11 is 6.10. The molecule has 6 nitrogen and oxygen atoms in total. The summed E-state index contributed by atoms with van der Waals surface area (Å²) in [4.78, 5) is 24.8. The summed E-state index contributed by atoms with van der Waals surface area (Å²) in [6.45, 7) is 2.91. The largest absolute Gasteiger partial charge is 0.480 e. The maximum absolute atomic E-state index is 12.4. The summed E-state index contributed by atoms with van der Waals surface area (Å²) in [5.74, 6) is -1.55. The van der Waals surface area contributed by atoms with Crippen LogP contribution in [0.15, 0.2) is 30.3 Å². The minimum atomic E-state index is -1.33. The Kier molecular flexibility index (Phi) is 4.23. The van der Waals surface area contributed by atoms with Crippen LogP contribution in [0, 0.1) is 0 Å². The first-order valence-electron chi connectivity index (χ1n) is 6.57. The third-order valence-electron chi connectivity index (χ3n) is 3.62. The van der Waals surface area contributed by atoms with Gasteiger partial charge in [-0.15, -0.1) is 0 Å². The first-order chi connectivity index (χ1) is 10.2. The van der Waals surface area contributed by atoms with Crippen LogP contribution in [0.4, 0.5) is 0 Å². The lowest BCUT2D eigenvalue weighted by Crippen LogP contribution is -2.50.